The standard InChI is InChI=1S/2C10H8N2.C5H5N.NO.Ru/c2*1-3-7-11-9(5-1)10-6-2-4-8-12-10;1-2-4-6-5-3-1;1-2;/h2*1-8H;1-5H;;/q;;;-1;+4. The molecule has 0 radical (unpaired) electrons. The van der Waals surface area contributed by atoms with Crippen LogP contribution in [0.5, 0.6) is 0 Å². The Morgan fingerprint density at radius 1 is 0.394 bits per heavy atom. The van der Waals surface area contributed by atoms with Crippen molar-refractivity contribution in [2.75, 3.05) is 0 Å². The zero-order valence-electron chi connectivity index (χ0n) is 17.6. The van der Waals surface area contributed by atoms with E-state index in [1.165, 1.54) is 0 Å². The summed E-state index contributed by atoms with van der Waals surface area (Å²) >= 11 is 0. The van der Waals surface area contributed by atoms with Crippen LogP contribution in [0.25, 0.3) is 28.4 Å². The molecule has 0 bridgehead atoms. The number of nitrogens with zero attached hydrogens (tertiary/aromatic N) is 6. The molecule has 162 valence electrons. The fourth-order valence-electron chi connectivity index (χ4n) is 2.37. The molecule has 0 fully saturated rings. The van der Waals surface area contributed by atoms with Crippen LogP contribution < -0.4 is 0 Å². The third-order valence-corrected chi connectivity index (χ3v) is 3.75. The molecule has 0 unspecified atom stereocenters. The first-order valence-electron chi connectivity index (χ1n) is 9.61. The van der Waals surface area contributed by atoms with Gasteiger partial charge in [0.1, 0.15) is 0 Å². The van der Waals surface area contributed by atoms with Gasteiger partial charge >= 0.3 is 19.5 Å². The Morgan fingerprint density at radius 3 is 0.818 bits per heavy atom. The summed E-state index contributed by atoms with van der Waals surface area (Å²) < 4.78 is 0. The molecule has 8 heteroatoms. The summed E-state index contributed by atoms with van der Waals surface area (Å²) in [6.07, 6.45) is 10.6. The van der Waals surface area contributed by atoms with Crippen LogP contribution in [-0.2, 0) is 19.5 Å². The van der Waals surface area contributed by atoms with Crippen LogP contribution in [0.15, 0.2) is 128 Å². The van der Waals surface area contributed by atoms with Gasteiger partial charge in [-0.05, 0) is 60.7 Å². The van der Waals surface area contributed by atoms with Crippen molar-refractivity contribution in [3.05, 3.63) is 139 Å². The third kappa shape index (κ3) is 10.7. The van der Waals surface area contributed by atoms with E-state index in [9.17, 15) is 0 Å². The Hall–Kier alpha value is -4.03. The molecule has 0 atom stereocenters. The molecule has 0 aliphatic carbocycles. The quantitative estimate of drug-likeness (QED) is 0.276. The van der Waals surface area contributed by atoms with Crippen molar-refractivity contribution >= 4 is 0 Å². The van der Waals surface area contributed by atoms with Crippen molar-refractivity contribution < 1.29 is 19.5 Å². The average Bonchev–Trinajstić information content (AvgIpc) is 2.94. The predicted octanol–water partition coefficient (Wildman–Crippen LogP) is 5.69. The average molecular weight is 523 g/mol. The Morgan fingerprint density at radius 2 is 0.667 bits per heavy atom. The van der Waals surface area contributed by atoms with Gasteiger partial charge < -0.3 is 10.5 Å². The second kappa shape index (κ2) is 17.6. The minimum Gasteiger partial charge on any atom is -0.577 e. The van der Waals surface area contributed by atoms with Crippen molar-refractivity contribution in [2.45, 2.75) is 0 Å². The number of nitroso groups, excluding NO2 is 1. The van der Waals surface area contributed by atoms with Gasteiger partial charge in [0.05, 0.1) is 22.8 Å². The van der Waals surface area contributed by atoms with Crippen LogP contribution in [0.2, 0.25) is 0 Å². The van der Waals surface area contributed by atoms with E-state index in [0.29, 0.717) is 0 Å². The van der Waals surface area contributed by atoms with Crippen molar-refractivity contribution in [1.29, 1.82) is 0 Å². The molecule has 5 aromatic rings. The Kier molecular flexibility index (Phi) is 14.4. The molecule has 0 aliphatic rings. The monoisotopic (exact) mass is 523 g/mol. The molecule has 0 aliphatic heterocycles. The largest absolute Gasteiger partial charge is 4.00 e. The molecule has 0 amide bonds. The van der Waals surface area contributed by atoms with Gasteiger partial charge in [-0.1, -0.05) is 30.3 Å². The van der Waals surface area contributed by atoms with E-state index < -0.39 is 0 Å². The minimum atomic E-state index is 0. The predicted molar refractivity (Wildman–Crippen MR) is 126 cm³/mol. The topological polar surface area (TPSA) is 104 Å². The first kappa shape index (κ1) is 27.0. The van der Waals surface area contributed by atoms with Gasteiger partial charge in [0.2, 0.25) is 0 Å². The molecule has 0 N–H and O–H groups in total. The van der Waals surface area contributed by atoms with E-state index in [2.05, 4.69) is 24.9 Å². The summed E-state index contributed by atoms with van der Waals surface area (Å²) in [6, 6.07) is 28.9. The second-order valence-electron chi connectivity index (χ2n) is 5.88. The van der Waals surface area contributed by atoms with E-state index in [0.717, 1.165) is 22.8 Å². The molecular formula is C25H21N6ORu+3. The maximum Gasteiger partial charge on any atom is 4.00 e. The van der Waals surface area contributed by atoms with E-state index in [4.69, 9.17) is 10.5 Å². The van der Waals surface area contributed by atoms with E-state index >= 15 is 0 Å². The van der Waals surface area contributed by atoms with Crippen molar-refractivity contribution in [3.8, 4) is 22.8 Å². The summed E-state index contributed by atoms with van der Waals surface area (Å²) in [6.45, 7) is 0. The van der Waals surface area contributed by atoms with Crippen LogP contribution in [0.3, 0.4) is 0 Å². The maximum atomic E-state index is 7.25. The minimum absolute atomic E-state index is 0. The summed E-state index contributed by atoms with van der Waals surface area (Å²) in [5.41, 5.74) is 9.41. The van der Waals surface area contributed by atoms with E-state index in [1.54, 1.807) is 37.2 Å². The molecule has 5 heterocycles. The maximum absolute atomic E-state index is 7.25. The van der Waals surface area contributed by atoms with Crippen molar-refractivity contribution in [2.24, 2.45) is 0 Å². The van der Waals surface area contributed by atoms with Gasteiger partial charge in [0.15, 0.2) is 0 Å². The van der Waals surface area contributed by atoms with Crippen molar-refractivity contribution in [1.82, 2.24) is 24.9 Å². The molecule has 7 nitrogen and oxygen atoms in total. The third-order valence-electron chi connectivity index (χ3n) is 3.75. The van der Waals surface area contributed by atoms with Gasteiger partial charge in [0, 0.05) is 37.2 Å². The van der Waals surface area contributed by atoms with Crippen LogP contribution >= 0.6 is 0 Å². The molecule has 33 heavy (non-hydrogen) atoms. The van der Waals surface area contributed by atoms with Gasteiger partial charge in [-0.3, -0.25) is 24.9 Å². The molecule has 5 rings (SSSR count). The zero-order chi connectivity index (χ0) is 22.7. The Labute approximate surface area is 205 Å². The van der Waals surface area contributed by atoms with Crippen LogP contribution in [0.4, 0.5) is 0 Å². The van der Waals surface area contributed by atoms with Gasteiger partial charge in [-0.25, -0.2) is 0 Å². The first-order chi connectivity index (χ1) is 15.9. The number of rotatable bonds is 2. The summed E-state index contributed by atoms with van der Waals surface area (Å²) in [4.78, 5) is 27.8. The van der Waals surface area contributed by atoms with E-state index in [1.807, 2.05) is 91.0 Å². The smallest absolute Gasteiger partial charge is 0.577 e. The molecular weight excluding hydrogens is 501 g/mol. The molecule has 0 saturated carbocycles. The summed E-state index contributed by atoms with van der Waals surface area (Å²) in [7, 11) is 0. The molecule has 0 saturated heterocycles. The summed E-state index contributed by atoms with van der Waals surface area (Å²) in [5.74, 6) is 0. The molecule has 0 aromatic carbocycles. The fourth-order valence-corrected chi connectivity index (χ4v) is 2.37. The Balaban J connectivity index is 0.000000246. The second-order valence-corrected chi connectivity index (χ2v) is 5.88. The first-order valence-corrected chi connectivity index (χ1v) is 9.61. The Bertz CT molecular complexity index is 913. The van der Waals surface area contributed by atoms with Gasteiger partial charge in [0.25, 0.3) is 0 Å². The van der Waals surface area contributed by atoms with E-state index in [-0.39, 0.29) is 19.5 Å². The number of hydrogen-bond acceptors (Lipinski definition) is 6. The molecule has 5 aromatic heterocycles. The SMILES string of the molecule is [N-]=O.[Ru+4].c1ccc(-c2ccccn2)nc1.c1ccc(-c2ccccn2)nc1.c1ccncc1. The van der Waals surface area contributed by atoms with Crippen LogP contribution in [0, 0.1) is 4.91 Å². The number of aromatic nitrogens is 5. The van der Waals surface area contributed by atoms with Crippen LogP contribution in [-0.4, -0.2) is 24.9 Å². The summed E-state index contributed by atoms with van der Waals surface area (Å²) in [5, 5.41) is 0. The van der Waals surface area contributed by atoms with Crippen molar-refractivity contribution in [3.63, 3.8) is 0 Å². The van der Waals surface area contributed by atoms with Gasteiger partial charge in [-0.15, -0.1) is 0 Å². The number of pyridine rings is 5. The van der Waals surface area contributed by atoms with Gasteiger partial charge in [-0.2, -0.15) is 0 Å². The van der Waals surface area contributed by atoms with Crippen LogP contribution in [0.1, 0.15) is 0 Å². The fraction of sp³-hybridized carbons (Fsp3) is 0. The zero-order valence-corrected chi connectivity index (χ0v) is 19.3. The molecule has 0 spiro atoms. The normalized spacial score (nSPS) is 8.61. The number of hydrogen-bond donors (Lipinski definition) is 0.